The lowest BCUT2D eigenvalue weighted by atomic mass is 10.1. The van der Waals surface area contributed by atoms with Crippen molar-refractivity contribution in [2.24, 2.45) is 0 Å². The molecule has 1 heterocycles. The molecular weight excluding hydrogens is 290 g/mol. The van der Waals surface area contributed by atoms with E-state index in [-0.39, 0.29) is 5.69 Å². The molecule has 0 saturated carbocycles. The fourth-order valence-corrected chi connectivity index (χ4v) is 2.25. The minimum Gasteiger partial charge on any atom is -0.381 e. The SMILES string of the molecule is O=[N+]([O-])c1ccc(NCc2ccc(-c3cccnc3)cc2)cc1. The molecule has 0 saturated heterocycles. The molecule has 0 spiro atoms. The molecule has 23 heavy (non-hydrogen) atoms. The maximum absolute atomic E-state index is 10.6. The summed E-state index contributed by atoms with van der Waals surface area (Å²) >= 11 is 0. The standard InChI is InChI=1S/C18H15N3O2/c22-21(23)18-9-7-17(8-10-18)20-12-14-3-5-15(6-4-14)16-2-1-11-19-13-16/h1-11,13,20H,12H2. The third kappa shape index (κ3) is 3.71. The normalized spacial score (nSPS) is 10.3. The first kappa shape index (κ1) is 14.7. The number of nitrogens with zero attached hydrogens (tertiary/aromatic N) is 2. The molecule has 0 bridgehead atoms. The Balaban J connectivity index is 1.63. The Labute approximate surface area is 133 Å². The summed E-state index contributed by atoms with van der Waals surface area (Å²) < 4.78 is 0. The number of non-ortho nitro benzene ring substituents is 1. The first-order valence-electron chi connectivity index (χ1n) is 7.20. The zero-order chi connectivity index (χ0) is 16.1. The van der Waals surface area contributed by atoms with Gasteiger partial charge in [-0.15, -0.1) is 0 Å². The third-order valence-corrected chi connectivity index (χ3v) is 3.52. The average molecular weight is 305 g/mol. The maximum atomic E-state index is 10.6. The topological polar surface area (TPSA) is 68.1 Å². The van der Waals surface area contributed by atoms with Crippen molar-refractivity contribution in [3.05, 3.63) is 88.7 Å². The van der Waals surface area contributed by atoms with Crippen LogP contribution >= 0.6 is 0 Å². The van der Waals surface area contributed by atoms with Gasteiger partial charge in [0, 0.05) is 36.8 Å². The lowest BCUT2D eigenvalue weighted by molar-refractivity contribution is -0.384. The largest absolute Gasteiger partial charge is 0.381 e. The number of anilines is 1. The van der Waals surface area contributed by atoms with Crippen LogP contribution in [-0.2, 0) is 6.54 Å². The Morgan fingerprint density at radius 2 is 1.70 bits per heavy atom. The summed E-state index contributed by atoms with van der Waals surface area (Å²) in [6.45, 7) is 0.658. The smallest absolute Gasteiger partial charge is 0.269 e. The summed E-state index contributed by atoms with van der Waals surface area (Å²) in [6.07, 6.45) is 3.59. The zero-order valence-electron chi connectivity index (χ0n) is 12.3. The lowest BCUT2D eigenvalue weighted by Crippen LogP contribution is -1.99. The van der Waals surface area contributed by atoms with Crippen LogP contribution in [-0.4, -0.2) is 9.91 Å². The summed E-state index contributed by atoms with van der Waals surface area (Å²) in [7, 11) is 0. The Morgan fingerprint density at radius 1 is 0.957 bits per heavy atom. The number of hydrogen-bond acceptors (Lipinski definition) is 4. The molecule has 0 aliphatic heterocycles. The van der Waals surface area contributed by atoms with E-state index in [1.807, 2.05) is 18.3 Å². The molecule has 114 valence electrons. The third-order valence-electron chi connectivity index (χ3n) is 3.52. The Morgan fingerprint density at radius 3 is 2.30 bits per heavy atom. The Hall–Kier alpha value is -3.21. The number of nitro benzene ring substituents is 1. The summed E-state index contributed by atoms with van der Waals surface area (Å²) in [5.41, 5.74) is 4.29. The fourth-order valence-electron chi connectivity index (χ4n) is 2.25. The molecule has 1 N–H and O–H groups in total. The summed E-state index contributed by atoms with van der Waals surface area (Å²) in [6, 6.07) is 18.6. The second kappa shape index (κ2) is 6.70. The molecule has 2 aromatic carbocycles. The molecule has 0 radical (unpaired) electrons. The average Bonchev–Trinajstić information content (AvgIpc) is 2.61. The van der Waals surface area contributed by atoms with Gasteiger partial charge in [0.05, 0.1) is 4.92 Å². The highest BCUT2D eigenvalue weighted by atomic mass is 16.6. The fraction of sp³-hybridized carbons (Fsp3) is 0.0556. The number of nitrogens with one attached hydrogen (secondary N) is 1. The van der Waals surface area contributed by atoms with Crippen LogP contribution in [0.5, 0.6) is 0 Å². The molecule has 1 aromatic heterocycles. The molecule has 0 aliphatic rings. The van der Waals surface area contributed by atoms with Crippen LogP contribution in [0.15, 0.2) is 73.1 Å². The first-order chi connectivity index (χ1) is 11.2. The quantitative estimate of drug-likeness (QED) is 0.564. The van der Waals surface area contributed by atoms with Crippen molar-refractivity contribution < 1.29 is 4.92 Å². The minimum atomic E-state index is -0.402. The van der Waals surface area contributed by atoms with Crippen LogP contribution in [0.2, 0.25) is 0 Å². The molecule has 5 nitrogen and oxygen atoms in total. The highest BCUT2D eigenvalue weighted by Crippen LogP contribution is 2.20. The van der Waals surface area contributed by atoms with Crippen molar-refractivity contribution >= 4 is 11.4 Å². The molecule has 0 aliphatic carbocycles. The van der Waals surface area contributed by atoms with Gasteiger partial charge in [-0.2, -0.15) is 0 Å². The van der Waals surface area contributed by atoms with E-state index in [1.54, 1.807) is 18.3 Å². The molecule has 5 heteroatoms. The molecular formula is C18H15N3O2. The number of pyridine rings is 1. The molecule has 0 atom stereocenters. The number of nitro groups is 1. The van der Waals surface area contributed by atoms with Gasteiger partial charge in [-0.25, -0.2) is 0 Å². The maximum Gasteiger partial charge on any atom is 0.269 e. The highest BCUT2D eigenvalue weighted by Gasteiger charge is 2.03. The number of benzene rings is 2. The van der Waals surface area contributed by atoms with E-state index in [2.05, 4.69) is 34.6 Å². The van der Waals surface area contributed by atoms with Gasteiger partial charge in [0.2, 0.25) is 0 Å². The van der Waals surface area contributed by atoms with Crippen LogP contribution in [0.4, 0.5) is 11.4 Å². The molecule has 0 amide bonds. The van der Waals surface area contributed by atoms with E-state index in [1.165, 1.54) is 12.1 Å². The zero-order valence-corrected chi connectivity index (χ0v) is 12.3. The number of hydrogen-bond donors (Lipinski definition) is 1. The Kier molecular flexibility index (Phi) is 4.29. The summed E-state index contributed by atoms with van der Waals surface area (Å²) in [5.74, 6) is 0. The van der Waals surface area contributed by atoms with Gasteiger partial charge in [-0.05, 0) is 34.9 Å². The summed E-state index contributed by atoms with van der Waals surface area (Å²) in [4.78, 5) is 14.3. The van der Waals surface area contributed by atoms with Gasteiger partial charge in [0.1, 0.15) is 0 Å². The molecule has 3 rings (SSSR count). The van der Waals surface area contributed by atoms with Crippen LogP contribution in [0.25, 0.3) is 11.1 Å². The molecule has 0 unspecified atom stereocenters. The first-order valence-corrected chi connectivity index (χ1v) is 7.20. The van der Waals surface area contributed by atoms with Gasteiger partial charge in [-0.1, -0.05) is 30.3 Å². The second-order valence-corrected chi connectivity index (χ2v) is 5.10. The van der Waals surface area contributed by atoms with Crippen LogP contribution in [0.3, 0.4) is 0 Å². The van der Waals surface area contributed by atoms with Crippen molar-refractivity contribution in [1.29, 1.82) is 0 Å². The van der Waals surface area contributed by atoms with E-state index >= 15 is 0 Å². The van der Waals surface area contributed by atoms with Crippen molar-refractivity contribution in [2.45, 2.75) is 6.54 Å². The number of rotatable bonds is 5. The summed E-state index contributed by atoms with van der Waals surface area (Å²) in [5, 5.41) is 13.9. The highest BCUT2D eigenvalue weighted by molar-refractivity contribution is 5.62. The van der Waals surface area contributed by atoms with Crippen LogP contribution < -0.4 is 5.32 Å². The van der Waals surface area contributed by atoms with Crippen LogP contribution in [0.1, 0.15) is 5.56 Å². The minimum absolute atomic E-state index is 0.0939. The van der Waals surface area contributed by atoms with Crippen molar-refractivity contribution in [2.75, 3.05) is 5.32 Å². The van der Waals surface area contributed by atoms with E-state index < -0.39 is 4.92 Å². The monoisotopic (exact) mass is 305 g/mol. The Bertz CT molecular complexity index is 785. The second-order valence-electron chi connectivity index (χ2n) is 5.10. The number of aromatic nitrogens is 1. The van der Waals surface area contributed by atoms with Gasteiger partial charge in [0.15, 0.2) is 0 Å². The van der Waals surface area contributed by atoms with E-state index in [9.17, 15) is 10.1 Å². The van der Waals surface area contributed by atoms with Crippen molar-refractivity contribution in [3.8, 4) is 11.1 Å². The predicted octanol–water partition coefficient (Wildman–Crippen LogP) is 4.27. The molecule has 3 aromatic rings. The van der Waals surface area contributed by atoms with Gasteiger partial charge in [0.25, 0.3) is 5.69 Å². The van der Waals surface area contributed by atoms with E-state index in [0.717, 1.165) is 22.4 Å². The molecule has 0 fully saturated rings. The predicted molar refractivity (Wildman–Crippen MR) is 90.1 cm³/mol. The van der Waals surface area contributed by atoms with Crippen molar-refractivity contribution in [3.63, 3.8) is 0 Å². The van der Waals surface area contributed by atoms with E-state index in [0.29, 0.717) is 6.54 Å². The lowest BCUT2D eigenvalue weighted by Gasteiger charge is -2.07. The van der Waals surface area contributed by atoms with Gasteiger partial charge in [-0.3, -0.25) is 15.1 Å². The van der Waals surface area contributed by atoms with Gasteiger partial charge < -0.3 is 5.32 Å². The van der Waals surface area contributed by atoms with E-state index in [4.69, 9.17) is 0 Å². The van der Waals surface area contributed by atoms with Crippen molar-refractivity contribution in [1.82, 2.24) is 4.98 Å². The van der Waals surface area contributed by atoms with Crippen LogP contribution in [0, 0.1) is 10.1 Å². The van der Waals surface area contributed by atoms with Gasteiger partial charge >= 0.3 is 0 Å².